The van der Waals surface area contributed by atoms with Gasteiger partial charge in [-0.1, -0.05) is 109 Å². The van der Waals surface area contributed by atoms with Crippen LogP contribution in [0.3, 0.4) is 0 Å². The van der Waals surface area contributed by atoms with Gasteiger partial charge < -0.3 is 42.1 Å². The molecule has 1 unspecified atom stereocenters. The molecule has 2 aromatic carbocycles. The number of nitrogens with one attached hydrogen (secondary N) is 4. The van der Waals surface area contributed by atoms with Crippen LogP contribution < -0.4 is 27.0 Å². The summed E-state index contributed by atoms with van der Waals surface area (Å²) in [6.07, 6.45) is 0.881. The maximum atomic E-state index is 14.4. The number of hydrogen-bond donors (Lipinski definition) is 7. The van der Waals surface area contributed by atoms with Crippen molar-refractivity contribution >= 4 is 59.1 Å². The highest BCUT2D eigenvalue weighted by molar-refractivity contribution is 8.00. The van der Waals surface area contributed by atoms with Gasteiger partial charge in [-0.15, -0.1) is 11.8 Å². The van der Waals surface area contributed by atoms with Gasteiger partial charge in [0.2, 0.25) is 35.4 Å². The lowest BCUT2D eigenvalue weighted by Crippen LogP contribution is -2.61. The minimum atomic E-state index is -1.45. The van der Waals surface area contributed by atoms with Crippen LogP contribution in [0.15, 0.2) is 66.2 Å². The van der Waals surface area contributed by atoms with E-state index in [4.69, 9.17) is 10.8 Å². The first kappa shape index (κ1) is 53.7. The van der Waals surface area contributed by atoms with E-state index in [1.807, 2.05) is 97.0 Å². The van der Waals surface area contributed by atoms with Crippen molar-refractivity contribution in [2.24, 2.45) is 17.1 Å². The van der Waals surface area contributed by atoms with Gasteiger partial charge in [-0.05, 0) is 48.4 Å². The Kier molecular flexibility index (Phi) is 19.5. The van der Waals surface area contributed by atoms with Gasteiger partial charge in [0.1, 0.15) is 18.1 Å². The number of carbonyl (C=O) groups excluding carboxylic acids is 6. The van der Waals surface area contributed by atoms with Crippen molar-refractivity contribution in [3.05, 3.63) is 71.8 Å². The predicted molar refractivity (Wildman–Crippen MR) is 249 cm³/mol. The summed E-state index contributed by atoms with van der Waals surface area (Å²) in [5, 5.41) is 29.3. The van der Waals surface area contributed by atoms with E-state index in [2.05, 4.69) is 27.3 Å². The molecule has 0 aliphatic carbocycles. The van der Waals surface area contributed by atoms with Crippen LogP contribution in [0.4, 0.5) is 0 Å². The molecule has 2 aromatic rings. The smallest absolute Gasteiger partial charge is 0.326 e. The lowest BCUT2D eigenvalue weighted by molar-refractivity contribution is -0.142. The third-order valence-corrected chi connectivity index (χ3v) is 12.9. The number of nitrogens with zero attached hydrogens (tertiary/aromatic N) is 2. The molecule has 1 fully saturated rings. The van der Waals surface area contributed by atoms with Crippen LogP contribution in [0.2, 0.25) is 0 Å². The van der Waals surface area contributed by atoms with E-state index in [9.17, 15) is 43.5 Å². The quantitative estimate of drug-likeness (QED) is 0.0626. The second-order valence-corrected chi connectivity index (χ2v) is 19.6. The van der Waals surface area contributed by atoms with Crippen molar-refractivity contribution < 1.29 is 48.6 Å². The lowest BCUT2D eigenvalue weighted by atomic mass is 9.76. The van der Waals surface area contributed by atoms with E-state index in [1.165, 1.54) is 11.8 Å². The van der Waals surface area contributed by atoms with Crippen LogP contribution in [-0.4, -0.2) is 136 Å². The van der Waals surface area contributed by atoms with Crippen molar-refractivity contribution in [3.8, 4) is 11.1 Å². The highest BCUT2D eigenvalue weighted by atomic mass is 32.2. The van der Waals surface area contributed by atoms with Crippen LogP contribution in [0.1, 0.15) is 80.2 Å². The molecule has 356 valence electrons. The zero-order valence-electron chi connectivity index (χ0n) is 39.1. The van der Waals surface area contributed by atoms with Gasteiger partial charge in [-0.2, -0.15) is 0 Å². The Morgan fingerprint density at radius 1 is 0.923 bits per heavy atom. The molecular weight excluding hydrogens is 855 g/mol. The molecule has 0 spiro atoms. The highest BCUT2D eigenvalue weighted by Crippen LogP contribution is 2.32. The van der Waals surface area contributed by atoms with Gasteiger partial charge >= 0.3 is 11.9 Å². The number of rotatable bonds is 23. The minimum absolute atomic E-state index is 0.0574. The fourth-order valence-electron chi connectivity index (χ4n) is 7.53. The molecule has 1 saturated heterocycles. The van der Waals surface area contributed by atoms with Gasteiger partial charge in [-0.3, -0.25) is 38.5 Å². The van der Waals surface area contributed by atoms with Gasteiger partial charge in [0, 0.05) is 49.7 Å². The molecule has 1 heterocycles. The Bertz CT molecular complexity index is 2090. The number of hydrogen-bond acceptors (Lipinski definition) is 11. The summed E-state index contributed by atoms with van der Waals surface area (Å²) in [6.45, 7) is 14.5. The maximum Gasteiger partial charge on any atom is 0.326 e. The number of aliphatic carboxylic acids is 2. The standard InChI is InChI=1S/C47H67N7O10S/c1-27(2)34(23-28(3)40(57)51-33(45(63)64)19-20-36(55)50-21-22-54-37(56)25-35(42(54)59)65-26-32(48)44(61)62)53(10)43(60)39(46(4,5)6)52-41(58)38(49-9)47(7,8)31-18-14-17-30(24-31)29-15-12-11-13-16-29/h11-18,23-24,27,32-35,38-39,49H,19-22,25-26,48H2,1-10H3,(H,50,55)(H,51,57)(H,52,58)(H,61,62)(H,63,64)/b28-23+/t32-,33+,34+,35?,38+,39+/m0/s1. The number of carbonyl (C=O) groups is 8. The molecular formula is C47H67N7O10S. The van der Waals surface area contributed by atoms with Crippen molar-refractivity contribution in [2.45, 2.75) is 116 Å². The summed E-state index contributed by atoms with van der Waals surface area (Å²) in [4.78, 5) is 105. The van der Waals surface area contributed by atoms with E-state index in [0.717, 1.165) is 33.4 Å². The maximum absolute atomic E-state index is 14.4. The van der Waals surface area contributed by atoms with E-state index in [1.54, 1.807) is 20.2 Å². The first-order valence-electron chi connectivity index (χ1n) is 21.6. The molecule has 0 saturated carbocycles. The molecule has 3 rings (SSSR count). The molecule has 6 atom stereocenters. The number of carboxylic acid groups (broad SMARTS) is 2. The number of benzene rings is 2. The fourth-order valence-corrected chi connectivity index (χ4v) is 8.65. The number of amides is 6. The molecule has 6 amide bonds. The highest BCUT2D eigenvalue weighted by Gasteiger charge is 2.42. The molecule has 1 aliphatic rings. The summed E-state index contributed by atoms with van der Waals surface area (Å²) in [6, 6.07) is 13.0. The third kappa shape index (κ3) is 14.7. The monoisotopic (exact) mass is 921 g/mol. The second-order valence-electron chi connectivity index (χ2n) is 18.3. The molecule has 17 nitrogen and oxygen atoms in total. The Balaban J connectivity index is 1.65. The largest absolute Gasteiger partial charge is 0.480 e. The summed E-state index contributed by atoms with van der Waals surface area (Å²) in [5.74, 6) is -5.91. The Morgan fingerprint density at radius 2 is 1.55 bits per heavy atom. The molecule has 8 N–H and O–H groups in total. The average Bonchev–Trinajstić information content (AvgIpc) is 3.51. The van der Waals surface area contributed by atoms with E-state index >= 15 is 0 Å². The number of imide groups is 1. The molecule has 1 aliphatic heterocycles. The number of likely N-dealkylation sites (N-methyl/N-ethyl adjacent to an activating group) is 2. The van der Waals surface area contributed by atoms with Crippen LogP contribution in [0, 0.1) is 11.3 Å². The second kappa shape index (κ2) is 23.6. The third-order valence-electron chi connectivity index (χ3n) is 11.6. The molecule has 65 heavy (non-hydrogen) atoms. The van der Waals surface area contributed by atoms with Crippen molar-refractivity contribution in [1.82, 2.24) is 31.1 Å². The van der Waals surface area contributed by atoms with Crippen LogP contribution in [0.25, 0.3) is 11.1 Å². The zero-order valence-corrected chi connectivity index (χ0v) is 39.9. The lowest BCUT2D eigenvalue weighted by Gasteiger charge is -2.40. The number of carboxylic acids is 2. The van der Waals surface area contributed by atoms with Gasteiger partial charge in [0.25, 0.3) is 0 Å². The van der Waals surface area contributed by atoms with E-state index < -0.39 is 81.9 Å². The van der Waals surface area contributed by atoms with Crippen LogP contribution in [-0.2, 0) is 43.8 Å². The van der Waals surface area contributed by atoms with Gasteiger partial charge in [0.15, 0.2) is 0 Å². The van der Waals surface area contributed by atoms with Gasteiger partial charge in [-0.25, -0.2) is 4.79 Å². The topological polar surface area (TPSA) is 258 Å². The summed E-state index contributed by atoms with van der Waals surface area (Å²) >= 11 is 0.976. The van der Waals surface area contributed by atoms with Crippen molar-refractivity contribution in [1.29, 1.82) is 0 Å². The number of nitrogens with two attached hydrogens (primary N) is 1. The van der Waals surface area contributed by atoms with E-state index in [0.29, 0.717) is 0 Å². The molecule has 0 aromatic heterocycles. The van der Waals surface area contributed by atoms with Crippen LogP contribution in [0.5, 0.6) is 0 Å². The Morgan fingerprint density at radius 3 is 2.12 bits per heavy atom. The zero-order chi connectivity index (χ0) is 49.0. The number of thioether (sulfide) groups is 1. The number of likely N-dealkylation sites (tertiary alicyclic amines) is 1. The normalized spacial score (nSPS) is 16.9. The minimum Gasteiger partial charge on any atom is -0.480 e. The summed E-state index contributed by atoms with van der Waals surface area (Å²) in [5.41, 5.74) is 7.16. The van der Waals surface area contributed by atoms with E-state index in [-0.39, 0.29) is 61.4 Å². The van der Waals surface area contributed by atoms with Crippen LogP contribution >= 0.6 is 11.8 Å². The SMILES string of the molecule is CN[C@H](C(=O)N[C@H](C(=O)N(C)[C@H](/C=C(\C)C(=O)N[C@H](CCC(=O)NCCN1C(=O)CC(SC[C@H](N)C(=O)O)C1=O)C(=O)O)C(C)C)C(C)(C)C)C(C)(C)c1cccc(-c2ccccc2)c1. The molecule has 0 radical (unpaired) electrons. The predicted octanol–water partition coefficient (Wildman–Crippen LogP) is 2.92. The van der Waals surface area contributed by atoms with Gasteiger partial charge in [0.05, 0.1) is 17.3 Å². The molecule has 18 heteroatoms. The first-order chi connectivity index (χ1) is 30.3. The Hall–Kier alpha value is -5.59. The fraction of sp³-hybridized carbons (Fsp3) is 0.532. The summed E-state index contributed by atoms with van der Waals surface area (Å²) < 4.78 is 0. The van der Waals surface area contributed by atoms with Crippen molar-refractivity contribution in [3.63, 3.8) is 0 Å². The summed E-state index contributed by atoms with van der Waals surface area (Å²) in [7, 11) is 3.30. The Labute approximate surface area is 386 Å². The average molecular weight is 922 g/mol. The molecule has 0 bridgehead atoms. The van der Waals surface area contributed by atoms with Crippen molar-refractivity contribution in [2.75, 3.05) is 32.9 Å². The first-order valence-corrected chi connectivity index (χ1v) is 22.7.